The normalized spacial score (nSPS) is 10.6. The Bertz CT molecular complexity index is 1160. The van der Waals surface area contributed by atoms with Crippen LogP contribution in [0.15, 0.2) is 60.9 Å². The molecule has 1 amide bonds. The summed E-state index contributed by atoms with van der Waals surface area (Å²) in [6, 6.07) is 14.7. The first-order valence-corrected chi connectivity index (χ1v) is 9.92. The number of benzene rings is 2. The first kappa shape index (κ1) is 19.6. The van der Waals surface area contributed by atoms with Gasteiger partial charge in [-0.25, -0.2) is 4.68 Å². The lowest BCUT2D eigenvalue weighted by Crippen LogP contribution is -2.12. The summed E-state index contributed by atoms with van der Waals surface area (Å²) in [6.45, 7) is 0. The van der Waals surface area contributed by atoms with Crippen LogP contribution in [0.4, 0.5) is 5.13 Å². The summed E-state index contributed by atoms with van der Waals surface area (Å²) in [5, 5.41) is 16.5. The number of amides is 1. The molecule has 2 heterocycles. The van der Waals surface area contributed by atoms with E-state index in [1.54, 1.807) is 37.2 Å². The summed E-state index contributed by atoms with van der Waals surface area (Å²) in [5.41, 5.74) is 2.33. The number of hydrogen-bond donors (Lipinski definition) is 1. The Labute approximate surface area is 177 Å². The third kappa shape index (κ3) is 4.31. The van der Waals surface area contributed by atoms with Gasteiger partial charge < -0.3 is 9.47 Å². The Kier molecular flexibility index (Phi) is 5.71. The van der Waals surface area contributed by atoms with Crippen molar-refractivity contribution in [1.29, 1.82) is 0 Å². The van der Waals surface area contributed by atoms with Gasteiger partial charge in [-0.3, -0.25) is 10.1 Å². The van der Waals surface area contributed by atoms with Gasteiger partial charge in [-0.1, -0.05) is 23.5 Å². The number of carbonyl (C=O) groups excluding carboxylic acids is 1. The first-order chi connectivity index (χ1) is 14.7. The molecule has 30 heavy (non-hydrogen) atoms. The van der Waals surface area contributed by atoms with Crippen LogP contribution < -0.4 is 14.8 Å². The topological polar surface area (TPSA) is 91.2 Å². The molecule has 9 heteroatoms. The average molecular weight is 421 g/mol. The predicted octanol–water partition coefficient (Wildman–Crippen LogP) is 3.58. The molecule has 8 nitrogen and oxygen atoms in total. The second-order valence-corrected chi connectivity index (χ2v) is 7.38. The van der Waals surface area contributed by atoms with Gasteiger partial charge in [0.05, 0.1) is 19.9 Å². The molecule has 2 aromatic heterocycles. The summed E-state index contributed by atoms with van der Waals surface area (Å²) < 4.78 is 12.3. The average Bonchev–Trinajstić information content (AvgIpc) is 3.46. The van der Waals surface area contributed by atoms with Gasteiger partial charge in [0.15, 0.2) is 11.5 Å². The van der Waals surface area contributed by atoms with Gasteiger partial charge in [-0.2, -0.15) is 5.10 Å². The molecule has 0 spiro atoms. The number of hydrogen-bond acceptors (Lipinski definition) is 7. The van der Waals surface area contributed by atoms with E-state index >= 15 is 0 Å². The van der Waals surface area contributed by atoms with Gasteiger partial charge in [0.2, 0.25) is 5.13 Å². The molecule has 4 rings (SSSR count). The first-order valence-electron chi connectivity index (χ1n) is 9.11. The van der Waals surface area contributed by atoms with Gasteiger partial charge in [-0.05, 0) is 42.0 Å². The minimum Gasteiger partial charge on any atom is -0.493 e. The summed E-state index contributed by atoms with van der Waals surface area (Å²) in [5.74, 6) is 1.08. The number of aromatic nitrogens is 4. The molecular weight excluding hydrogens is 402 g/mol. The van der Waals surface area contributed by atoms with E-state index in [0.29, 0.717) is 28.6 Å². The molecule has 0 saturated heterocycles. The van der Waals surface area contributed by atoms with Crippen LogP contribution in [0.2, 0.25) is 0 Å². The Morgan fingerprint density at radius 3 is 2.70 bits per heavy atom. The van der Waals surface area contributed by atoms with E-state index < -0.39 is 0 Å². The minimum absolute atomic E-state index is 0.252. The smallest absolute Gasteiger partial charge is 0.257 e. The quantitative estimate of drug-likeness (QED) is 0.490. The van der Waals surface area contributed by atoms with Crippen molar-refractivity contribution in [2.24, 2.45) is 0 Å². The van der Waals surface area contributed by atoms with Crippen LogP contribution >= 0.6 is 11.3 Å². The lowest BCUT2D eigenvalue weighted by atomic mass is 10.1. The standard InChI is InChI=1S/C21H19N5O3S/c1-28-17-8-7-14(11-18(17)29-2)12-19-24-25-21(30-19)23-20(27)15-5-3-6-16(13-15)26-10-4-9-22-26/h3-11,13H,12H2,1-2H3,(H,23,25,27). The highest BCUT2D eigenvalue weighted by Gasteiger charge is 2.13. The summed E-state index contributed by atoms with van der Waals surface area (Å²) in [6.07, 6.45) is 4.08. The Morgan fingerprint density at radius 2 is 1.93 bits per heavy atom. The number of ether oxygens (including phenoxy) is 2. The van der Waals surface area contributed by atoms with Crippen molar-refractivity contribution in [3.8, 4) is 17.2 Å². The highest BCUT2D eigenvalue weighted by atomic mass is 32.1. The molecule has 0 aliphatic rings. The number of methoxy groups -OCH3 is 2. The van der Waals surface area contributed by atoms with Gasteiger partial charge in [0.1, 0.15) is 5.01 Å². The molecule has 4 aromatic rings. The molecule has 152 valence electrons. The number of rotatable bonds is 7. The summed E-state index contributed by atoms with van der Waals surface area (Å²) in [7, 11) is 3.20. The van der Waals surface area contributed by atoms with E-state index in [2.05, 4.69) is 20.6 Å². The molecule has 0 aliphatic heterocycles. The van der Waals surface area contributed by atoms with Crippen LogP contribution in [-0.2, 0) is 6.42 Å². The third-order valence-corrected chi connectivity index (χ3v) is 5.21. The van der Waals surface area contributed by atoms with Crippen molar-refractivity contribution in [2.45, 2.75) is 6.42 Å². The minimum atomic E-state index is -0.252. The fraction of sp³-hybridized carbons (Fsp3) is 0.143. The predicted molar refractivity (Wildman–Crippen MR) is 114 cm³/mol. The van der Waals surface area contributed by atoms with Crippen molar-refractivity contribution in [1.82, 2.24) is 20.0 Å². The third-order valence-electron chi connectivity index (χ3n) is 4.37. The number of anilines is 1. The SMILES string of the molecule is COc1ccc(Cc2nnc(NC(=O)c3cccc(-n4cccn4)c3)s2)cc1OC. The molecule has 0 unspecified atom stereocenters. The summed E-state index contributed by atoms with van der Waals surface area (Å²) in [4.78, 5) is 12.6. The van der Waals surface area contributed by atoms with Crippen LogP contribution in [0.5, 0.6) is 11.5 Å². The van der Waals surface area contributed by atoms with Crippen molar-refractivity contribution in [3.63, 3.8) is 0 Å². The molecule has 0 radical (unpaired) electrons. The van der Waals surface area contributed by atoms with Crippen molar-refractivity contribution in [3.05, 3.63) is 77.1 Å². The molecule has 0 aliphatic carbocycles. The zero-order chi connectivity index (χ0) is 20.9. The Morgan fingerprint density at radius 1 is 1.07 bits per heavy atom. The molecule has 0 fully saturated rings. The van der Waals surface area contributed by atoms with Crippen LogP contribution in [-0.4, -0.2) is 40.1 Å². The fourth-order valence-electron chi connectivity index (χ4n) is 2.92. The molecule has 0 atom stereocenters. The fourth-order valence-corrected chi connectivity index (χ4v) is 3.69. The Balaban J connectivity index is 1.45. The van der Waals surface area contributed by atoms with Gasteiger partial charge in [-0.15, -0.1) is 10.2 Å². The van der Waals surface area contributed by atoms with Gasteiger partial charge in [0.25, 0.3) is 5.91 Å². The molecule has 2 aromatic carbocycles. The molecular formula is C21H19N5O3S. The van der Waals surface area contributed by atoms with E-state index in [1.165, 1.54) is 11.3 Å². The summed E-state index contributed by atoms with van der Waals surface area (Å²) >= 11 is 1.33. The van der Waals surface area contributed by atoms with Gasteiger partial charge >= 0.3 is 0 Å². The van der Waals surface area contributed by atoms with Crippen LogP contribution in [0.25, 0.3) is 5.69 Å². The largest absolute Gasteiger partial charge is 0.493 e. The molecule has 0 bridgehead atoms. The number of carbonyl (C=O) groups is 1. The second kappa shape index (κ2) is 8.75. The van der Waals surface area contributed by atoms with Gasteiger partial charge in [0, 0.05) is 24.4 Å². The maximum Gasteiger partial charge on any atom is 0.257 e. The van der Waals surface area contributed by atoms with Crippen LogP contribution in [0.1, 0.15) is 20.9 Å². The zero-order valence-corrected chi connectivity index (χ0v) is 17.2. The van der Waals surface area contributed by atoms with Crippen LogP contribution in [0, 0.1) is 0 Å². The van der Waals surface area contributed by atoms with E-state index in [-0.39, 0.29) is 5.91 Å². The maximum absolute atomic E-state index is 12.6. The lowest BCUT2D eigenvalue weighted by Gasteiger charge is -2.08. The van der Waals surface area contributed by atoms with E-state index in [0.717, 1.165) is 16.3 Å². The highest BCUT2D eigenvalue weighted by molar-refractivity contribution is 7.15. The number of nitrogens with one attached hydrogen (secondary N) is 1. The number of nitrogens with zero attached hydrogens (tertiary/aromatic N) is 4. The van der Waals surface area contributed by atoms with Crippen molar-refractivity contribution in [2.75, 3.05) is 19.5 Å². The van der Waals surface area contributed by atoms with E-state index in [4.69, 9.17) is 9.47 Å². The Hall–Kier alpha value is -3.72. The van der Waals surface area contributed by atoms with Crippen molar-refractivity contribution >= 4 is 22.4 Å². The highest BCUT2D eigenvalue weighted by Crippen LogP contribution is 2.29. The second-order valence-electron chi connectivity index (χ2n) is 6.32. The van der Waals surface area contributed by atoms with E-state index in [9.17, 15) is 4.79 Å². The van der Waals surface area contributed by atoms with Crippen molar-refractivity contribution < 1.29 is 14.3 Å². The maximum atomic E-state index is 12.6. The lowest BCUT2D eigenvalue weighted by molar-refractivity contribution is 0.102. The van der Waals surface area contributed by atoms with E-state index in [1.807, 2.05) is 42.6 Å². The molecule has 0 saturated carbocycles. The molecule has 1 N–H and O–H groups in total. The zero-order valence-electron chi connectivity index (χ0n) is 16.4. The van der Waals surface area contributed by atoms with Crippen LogP contribution in [0.3, 0.4) is 0 Å². The monoisotopic (exact) mass is 421 g/mol.